The molecule has 1 atom stereocenters. The van der Waals surface area contributed by atoms with E-state index in [4.69, 9.17) is 15.2 Å². The van der Waals surface area contributed by atoms with Crippen molar-refractivity contribution in [1.82, 2.24) is 4.90 Å². The summed E-state index contributed by atoms with van der Waals surface area (Å²) in [5.41, 5.74) is 5.76. The van der Waals surface area contributed by atoms with Gasteiger partial charge in [-0.2, -0.15) is 0 Å². The average Bonchev–Trinajstić information content (AvgIpc) is 2.13. The van der Waals surface area contributed by atoms with Crippen molar-refractivity contribution in [2.45, 2.75) is 19.4 Å². The van der Waals surface area contributed by atoms with Crippen LogP contribution in [-0.2, 0) is 9.47 Å². The van der Waals surface area contributed by atoms with Crippen LogP contribution in [0, 0.1) is 0 Å². The third-order valence-corrected chi connectivity index (χ3v) is 1.98. The first-order valence-corrected chi connectivity index (χ1v) is 5.16. The minimum Gasteiger partial charge on any atom is -0.385 e. The lowest BCUT2D eigenvalue weighted by molar-refractivity contribution is 0.130. The number of methoxy groups -OCH3 is 2. The van der Waals surface area contributed by atoms with Gasteiger partial charge < -0.3 is 15.2 Å². The Balaban J connectivity index is 3.61. The van der Waals surface area contributed by atoms with Crippen LogP contribution in [0.4, 0.5) is 0 Å². The molecular weight excluding hydrogens is 180 g/mol. The van der Waals surface area contributed by atoms with Gasteiger partial charge in [-0.25, -0.2) is 0 Å². The maximum absolute atomic E-state index is 5.76. The lowest BCUT2D eigenvalue weighted by Crippen LogP contribution is -2.38. The highest BCUT2D eigenvalue weighted by molar-refractivity contribution is 4.63. The van der Waals surface area contributed by atoms with Gasteiger partial charge in [-0.15, -0.1) is 0 Å². The Morgan fingerprint density at radius 3 is 2.29 bits per heavy atom. The molecule has 0 fully saturated rings. The van der Waals surface area contributed by atoms with Crippen molar-refractivity contribution in [3.05, 3.63) is 0 Å². The summed E-state index contributed by atoms with van der Waals surface area (Å²) in [7, 11) is 3.45. The van der Waals surface area contributed by atoms with Crippen LogP contribution in [0.1, 0.15) is 13.3 Å². The van der Waals surface area contributed by atoms with Crippen LogP contribution in [0.25, 0.3) is 0 Å². The summed E-state index contributed by atoms with van der Waals surface area (Å²) in [4.78, 5) is 2.31. The van der Waals surface area contributed by atoms with E-state index in [9.17, 15) is 0 Å². The minimum absolute atomic E-state index is 0.217. The maximum atomic E-state index is 5.76. The van der Waals surface area contributed by atoms with Crippen LogP contribution in [0.2, 0.25) is 0 Å². The molecule has 0 radical (unpaired) electrons. The lowest BCUT2D eigenvalue weighted by atomic mass is 10.3. The van der Waals surface area contributed by atoms with Crippen molar-refractivity contribution in [3.8, 4) is 0 Å². The van der Waals surface area contributed by atoms with Crippen LogP contribution in [-0.4, -0.2) is 58.0 Å². The fourth-order valence-corrected chi connectivity index (χ4v) is 1.35. The molecule has 86 valence electrons. The van der Waals surface area contributed by atoms with Crippen LogP contribution in [0.15, 0.2) is 0 Å². The molecule has 0 aliphatic rings. The molecule has 0 aromatic rings. The summed E-state index contributed by atoms with van der Waals surface area (Å²) in [5, 5.41) is 0. The average molecular weight is 204 g/mol. The van der Waals surface area contributed by atoms with Crippen LogP contribution < -0.4 is 5.73 Å². The molecule has 14 heavy (non-hydrogen) atoms. The first-order chi connectivity index (χ1) is 6.70. The molecule has 0 bridgehead atoms. The smallest absolute Gasteiger partial charge is 0.0589 e. The van der Waals surface area contributed by atoms with E-state index in [1.807, 2.05) is 6.92 Å². The number of hydrogen-bond acceptors (Lipinski definition) is 4. The van der Waals surface area contributed by atoms with Gasteiger partial charge in [-0.1, -0.05) is 0 Å². The molecule has 0 rings (SSSR count). The van der Waals surface area contributed by atoms with Gasteiger partial charge in [-0.05, 0) is 13.3 Å². The zero-order chi connectivity index (χ0) is 10.8. The van der Waals surface area contributed by atoms with Crippen molar-refractivity contribution in [2.75, 3.05) is 47.1 Å². The second-order valence-corrected chi connectivity index (χ2v) is 3.62. The molecule has 0 aromatic carbocycles. The first-order valence-electron chi connectivity index (χ1n) is 5.16. The highest BCUT2D eigenvalue weighted by atomic mass is 16.5. The van der Waals surface area contributed by atoms with E-state index >= 15 is 0 Å². The van der Waals surface area contributed by atoms with E-state index < -0.39 is 0 Å². The third-order valence-electron chi connectivity index (χ3n) is 1.98. The van der Waals surface area contributed by atoms with Gasteiger partial charge in [-0.3, -0.25) is 4.90 Å². The van der Waals surface area contributed by atoms with E-state index in [1.54, 1.807) is 14.2 Å². The number of nitrogens with two attached hydrogens (primary N) is 1. The van der Waals surface area contributed by atoms with Crippen molar-refractivity contribution < 1.29 is 9.47 Å². The summed E-state index contributed by atoms with van der Waals surface area (Å²) in [6, 6.07) is 0.217. The minimum atomic E-state index is 0.217. The molecule has 0 aliphatic heterocycles. The zero-order valence-corrected chi connectivity index (χ0v) is 9.66. The summed E-state index contributed by atoms with van der Waals surface area (Å²) in [6.45, 7) is 6.49. The number of rotatable bonds is 9. The Morgan fingerprint density at radius 1 is 1.14 bits per heavy atom. The molecule has 0 saturated heterocycles. The van der Waals surface area contributed by atoms with E-state index in [0.717, 1.165) is 39.3 Å². The Hall–Kier alpha value is -0.160. The van der Waals surface area contributed by atoms with Gasteiger partial charge in [0.2, 0.25) is 0 Å². The Bertz CT molecular complexity index is 121. The SMILES string of the molecule is COCCCN(CCOC)C[C@@H](C)N. The standard InChI is InChI=1S/C10H24N2O2/c1-10(11)9-12(6-8-14-3)5-4-7-13-2/h10H,4-9,11H2,1-3H3/t10-/m1/s1. The van der Waals surface area contributed by atoms with Gasteiger partial charge in [0.25, 0.3) is 0 Å². The van der Waals surface area contributed by atoms with Crippen molar-refractivity contribution in [2.24, 2.45) is 5.73 Å². The van der Waals surface area contributed by atoms with E-state index in [0.29, 0.717) is 0 Å². The van der Waals surface area contributed by atoms with Gasteiger partial charge in [0, 0.05) is 46.5 Å². The molecule has 0 amide bonds. The summed E-state index contributed by atoms with van der Waals surface area (Å²) in [6.07, 6.45) is 1.05. The first kappa shape index (κ1) is 13.8. The highest BCUT2D eigenvalue weighted by Crippen LogP contribution is 1.94. The Morgan fingerprint density at radius 2 is 1.79 bits per heavy atom. The van der Waals surface area contributed by atoms with Gasteiger partial charge in [0.05, 0.1) is 6.61 Å². The lowest BCUT2D eigenvalue weighted by Gasteiger charge is -2.23. The molecular formula is C10H24N2O2. The fourth-order valence-electron chi connectivity index (χ4n) is 1.35. The second-order valence-electron chi connectivity index (χ2n) is 3.62. The maximum Gasteiger partial charge on any atom is 0.0589 e. The van der Waals surface area contributed by atoms with Crippen molar-refractivity contribution in [1.29, 1.82) is 0 Å². The molecule has 0 heterocycles. The summed E-state index contributed by atoms with van der Waals surface area (Å²) < 4.78 is 10.1. The molecule has 0 unspecified atom stereocenters. The van der Waals surface area contributed by atoms with Crippen molar-refractivity contribution >= 4 is 0 Å². The quantitative estimate of drug-likeness (QED) is 0.549. The Labute approximate surface area is 87.4 Å². The molecule has 0 saturated carbocycles. The molecule has 0 aliphatic carbocycles. The van der Waals surface area contributed by atoms with Gasteiger partial charge >= 0.3 is 0 Å². The molecule has 0 aromatic heterocycles. The Kier molecular flexibility index (Phi) is 9.29. The summed E-state index contributed by atoms with van der Waals surface area (Å²) >= 11 is 0. The van der Waals surface area contributed by atoms with Gasteiger partial charge in [0.15, 0.2) is 0 Å². The van der Waals surface area contributed by atoms with E-state index in [1.165, 1.54) is 0 Å². The summed E-state index contributed by atoms with van der Waals surface area (Å²) in [5.74, 6) is 0. The number of hydrogen-bond donors (Lipinski definition) is 1. The topological polar surface area (TPSA) is 47.7 Å². The van der Waals surface area contributed by atoms with Gasteiger partial charge in [0.1, 0.15) is 0 Å². The third kappa shape index (κ3) is 8.44. The number of ether oxygens (including phenoxy) is 2. The van der Waals surface area contributed by atoms with E-state index in [2.05, 4.69) is 4.90 Å². The molecule has 4 nitrogen and oxygen atoms in total. The molecule has 2 N–H and O–H groups in total. The zero-order valence-electron chi connectivity index (χ0n) is 9.66. The van der Waals surface area contributed by atoms with Crippen molar-refractivity contribution in [3.63, 3.8) is 0 Å². The molecule has 4 heteroatoms. The number of nitrogens with zero attached hydrogens (tertiary/aromatic N) is 1. The predicted molar refractivity (Wildman–Crippen MR) is 58.5 cm³/mol. The fraction of sp³-hybridized carbons (Fsp3) is 1.00. The monoisotopic (exact) mass is 204 g/mol. The molecule has 0 spiro atoms. The normalized spacial score (nSPS) is 13.5. The van der Waals surface area contributed by atoms with Crippen LogP contribution in [0.5, 0.6) is 0 Å². The van der Waals surface area contributed by atoms with E-state index in [-0.39, 0.29) is 6.04 Å². The largest absolute Gasteiger partial charge is 0.385 e. The van der Waals surface area contributed by atoms with Crippen LogP contribution in [0.3, 0.4) is 0 Å². The predicted octanol–water partition coefficient (Wildman–Crippen LogP) is 0.319. The van der Waals surface area contributed by atoms with Crippen LogP contribution >= 0.6 is 0 Å². The highest BCUT2D eigenvalue weighted by Gasteiger charge is 2.06. The second kappa shape index (κ2) is 9.40.